The molecule has 0 aliphatic carbocycles. The second kappa shape index (κ2) is 5.97. The van der Waals surface area contributed by atoms with Gasteiger partial charge in [-0.25, -0.2) is 9.78 Å². The van der Waals surface area contributed by atoms with E-state index in [1.165, 1.54) is 17.9 Å². The number of esters is 1. The van der Waals surface area contributed by atoms with Gasteiger partial charge in [0.25, 0.3) is 5.56 Å². The highest BCUT2D eigenvalue weighted by Crippen LogP contribution is 2.27. The SMILES string of the molecule is COC(=O)c1c(N)c2ccc(Br)cc2n(-c2ccc(N)nc2)c1=O. The number of nitrogen functional groups attached to an aromatic ring is 2. The largest absolute Gasteiger partial charge is 0.465 e. The first-order valence-corrected chi connectivity index (χ1v) is 7.67. The highest BCUT2D eigenvalue weighted by Gasteiger charge is 2.22. The Bertz CT molecular complexity index is 1010. The lowest BCUT2D eigenvalue weighted by molar-refractivity contribution is 0.0600. The van der Waals surface area contributed by atoms with Gasteiger partial charge in [0.1, 0.15) is 11.4 Å². The maximum absolute atomic E-state index is 12.9. The third-order valence-electron chi connectivity index (χ3n) is 3.60. The molecule has 8 heteroatoms. The van der Waals surface area contributed by atoms with Crippen LogP contribution in [0.1, 0.15) is 10.4 Å². The van der Waals surface area contributed by atoms with Crippen molar-refractivity contribution in [2.24, 2.45) is 0 Å². The molecule has 0 amide bonds. The van der Waals surface area contributed by atoms with Crippen molar-refractivity contribution in [3.8, 4) is 5.69 Å². The van der Waals surface area contributed by atoms with E-state index in [9.17, 15) is 9.59 Å². The molecule has 0 fully saturated rings. The van der Waals surface area contributed by atoms with Crippen molar-refractivity contribution >= 4 is 44.3 Å². The van der Waals surface area contributed by atoms with Crippen LogP contribution in [0.2, 0.25) is 0 Å². The van der Waals surface area contributed by atoms with Crippen LogP contribution in [0.25, 0.3) is 16.6 Å². The number of nitrogens with zero attached hydrogens (tertiary/aromatic N) is 2. The predicted octanol–water partition coefficient (Wildman–Crippen LogP) is 2.10. The summed E-state index contributed by atoms with van der Waals surface area (Å²) in [5.74, 6) is -0.472. The number of methoxy groups -OCH3 is 1. The third kappa shape index (κ3) is 2.50. The normalized spacial score (nSPS) is 10.8. The van der Waals surface area contributed by atoms with Crippen molar-refractivity contribution in [1.82, 2.24) is 9.55 Å². The van der Waals surface area contributed by atoms with Gasteiger partial charge in [0, 0.05) is 9.86 Å². The molecule has 0 atom stereocenters. The number of hydrogen-bond acceptors (Lipinski definition) is 6. The summed E-state index contributed by atoms with van der Waals surface area (Å²) >= 11 is 3.38. The molecule has 3 aromatic rings. The second-order valence-corrected chi connectivity index (χ2v) is 5.94. The van der Waals surface area contributed by atoms with Crippen molar-refractivity contribution in [1.29, 1.82) is 0 Å². The Morgan fingerprint density at radius 2 is 2.00 bits per heavy atom. The number of pyridine rings is 2. The summed E-state index contributed by atoms with van der Waals surface area (Å²) in [6.45, 7) is 0. The van der Waals surface area contributed by atoms with Gasteiger partial charge in [-0.15, -0.1) is 0 Å². The van der Waals surface area contributed by atoms with E-state index in [0.717, 1.165) is 4.47 Å². The van der Waals surface area contributed by atoms with Crippen molar-refractivity contribution in [3.63, 3.8) is 0 Å². The molecule has 0 aliphatic rings. The number of aromatic nitrogens is 2. The Kier molecular flexibility index (Phi) is 3.98. The second-order valence-electron chi connectivity index (χ2n) is 5.02. The smallest absolute Gasteiger partial charge is 0.345 e. The molecule has 4 N–H and O–H groups in total. The number of carbonyl (C=O) groups is 1. The molecule has 7 nitrogen and oxygen atoms in total. The van der Waals surface area contributed by atoms with Crippen LogP contribution in [0.3, 0.4) is 0 Å². The van der Waals surface area contributed by atoms with Gasteiger partial charge in [0.15, 0.2) is 0 Å². The highest BCUT2D eigenvalue weighted by atomic mass is 79.9. The summed E-state index contributed by atoms with van der Waals surface area (Å²) in [4.78, 5) is 29.0. The first kappa shape index (κ1) is 16.0. The lowest BCUT2D eigenvalue weighted by Crippen LogP contribution is -2.28. The summed E-state index contributed by atoms with van der Waals surface area (Å²) in [5.41, 5.74) is 11.9. The fourth-order valence-corrected chi connectivity index (χ4v) is 2.82. The number of nitrogens with two attached hydrogens (primary N) is 2. The van der Waals surface area contributed by atoms with Crippen LogP contribution in [0, 0.1) is 0 Å². The molecular weight excluding hydrogens is 376 g/mol. The molecule has 0 bridgehead atoms. The zero-order valence-corrected chi connectivity index (χ0v) is 14.2. The van der Waals surface area contributed by atoms with Crippen LogP contribution in [0.5, 0.6) is 0 Å². The minimum Gasteiger partial charge on any atom is -0.465 e. The first-order valence-electron chi connectivity index (χ1n) is 6.88. The maximum Gasteiger partial charge on any atom is 0.345 e. The monoisotopic (exact) mass is 388 g/mol. The van der Waals surface area contributed by atoms with E-state index in [1.807, 2.05) is 0 Å². The minimum absolute atomic E-state index is 0.0778. The van der Waals surface area contributed by atoms with Crippen LogP contribution in [-0.4, -0.2) is 22.6 Å². The van der Waals surface area contributed by atoms with Crippen LogP contribution in [0.15, 0.2) is 45.8 Å². The van der Waals surface area contributed by atoms with E-state index in [4.69, 9.17) is 16.2 Å². The summed E-state index contributed by atoms with van der Waals surface area (Å²) in [6, 6.07) is 8.45. The van der Waals surface area contributed by atoms with Crippen molar-refractivity contribution in [2.45, 2.75) is 0 Å². The number of rotatable bonds is 2. The number of fused-ring (bicyclic) bond motifs is 1. The molecule has 0 unspecified atom stereocenters. The number of carbonyl (C=O) groups excluding carboxylic acids is 1. The third-order valence-corrected chi connectivity index (χ3v) is 4.09. The number of anilines is 2. The summed E-state index contributed by atoms with van der Waals surface area (Å²) < 4.78 is 6.82. The molecule has 2 aromatic heterocycles. The summed E-state index contributed by atoms with van der Waals surface area (Å²) in [5, 5.41) is 0.551. The Hall–Kier alpha value is -2.87. The van der Waals surface area contributed by atoms with Crippen LogP contribution < -0.4 is 17.0 Å². The maximum atomic E-state index is 12.9. The van der Waals surface area contributed by atoms with E-state index < -0.39 is 11.5 Å². The van der Waals surface area contributed by atoms with Gasteiger partial charge in [0.05, 0.1) is 30.2 Å². The Morgan fingerprint density at radius 1 is 1.25 bits per heavy atom. The Morgan fingerprint density at radius 3 is 2.62 bits per heavy atom. The summed E-state index contributed by atoms with van der Waals surface area (Å²) in [7, 11) is 1.20. The van der Waals surface area contributed by atoms with Gasteiger partial charge in [-0.1, -0.05) is 15.9 Å². The van der Waals surface area contributed by atoms with E-state index in [2.05, 4.69) is 20.9 Å². The van der Waals surface area contributed by atoms with Gasteiger partial charge >= 0.3 is 5.97 Å². The zero-order valence-electron chi connectivity index (χ0n) is 12.6. The molecule has 0 radical (unpaired) electrons. The molecule has 0 aliphatic heterocycles. The van der Waals surface area contributed by atoms with E-state index in [-0.39, 0.29) is 11.3 Å². The molecule has 3 rings (SSSR count). The highest BCUT2D eigenvalue weighted by molar-refractivity contribution is 9.10. The lowest BCUT2D eigenvalue weighted by atomic mass is 10.1. The van der Waals surface area contributed by atoms with E-state index in [1.54, 1.807) is 30.3 Å². The molecule has 122 valence electrons. The number of ether oxygens (including phenoxy) is 1. The molecule has 0 spiro atoms. The lowest BCUT2D eigenvalue weighted by Gasteiger charge is -2.15. The predicted molar refractivity (Wildman–Crippen MR) is 95.2 cm³/mol. The summed E-state index contributed by atoms with van der Waals surface area (Å²) in [6.07, 6.45) is 1.45. The molecule has 0 saturated carbocycles. The van der Waals surface area contributed by atoms with E-state index >= 15 is 0 Å². The number of hydrogen-bond donors (Lipinski definition) is 2. The molecular formula is C16H13BrN4O3. The fourth-order valence-electron chi connectivity index (χ4n) is 2.47. The fraction of sp³-hybridized carbons (Fsp3) is 0.0625. The topological polar surface area (TPSA) is 113 Å². The van der Waals surface area contributed by atoms with E-state index in [0.29, 0.717) is 22.4 Å². The molecule has 24 heavy (non-hydrogen) atoms. The average Bonchev–Trinajstić information content (AvgIpc) is 2.56. The quantitative estimate of drug-likeness (QED) is 0.649. The standard InChI is InChI=1S/C16H13BrN4O3/c1-24-16(23)13-14(19)10-4-2-8(17)6-11(10)21(15(13)22)9-3-5-12(18)20-7-9/h2-7H,19H2,1H3,(H2,18,20). The van der Waals surface area contributed by atoms with Crippen molar-refractivity contribution < 1.29 is 9.53 Å². The van der Waals surface area contributed by atoms with Crippen LogP contribution >= 0.6 is 15.9 Å². The first-order chi connectivity index (χ1) is 11.4. The molecule has 2 heterocycles. The van der Waals surface area contributed by atoms with Crippen LogP contribution in [-0.2, 0) is 4.74 Å². The van der Waals surface area contributed by atoms with Gasteiger partial charge in [-0.3, -0.25) is 9.36 Å². The van der Waals surface area contributed by atoms with Crippen LogP contribution in [0.4, 0.5) is 11.5 Å². The number of benzene rings is 1. The molecule has 1 aromatic carbocycles. The minimum atomic E-state index is -0.792. The van der Waals surface area contributed by atoms with Gasteiger partial charge in [-0.05, 0) is 30.3 Å². The number of halogens is 1. The molecule has 0 saturated heterocycles. The van der Waals surface area contributed by atoms with Crippen molar-refractivity contribution in [2.75, 3.05) is 18.6 Å². The van der Waals surface area contributed by atoms with Gasteiger partial charge in [0.2, 0.25) is 0 Å². The van der Waals surface area contributed by atoms with Crippen molar-refractivity contribution in [3.05, 3.63) is 56.9 Å². The Labute approximate surface area is 145 Å². The zero-order chi connectivity index (χ0) is 17.4. The van der Waals surface area contributed by atoms with Gasteiger partial charge < -0.3 is 16.2 Å². The Balaban J connectivity index is 2.50. The van der Waals surface area contributed by atoms with Gasteiger partial charge in [-0.2, -0.15) is 0 Å². The average molecular weight is 389 g/mol.